The molecule has 0 aromatic carbocycles. The summed E-state index contributed by atoms with van der Waals surface area (Å²) in [4.78, 5) is 32.2. The van der Waals surface area contributed by atoms with Gasteiger partial charge in [0.05, 0.1) is 6.42 Å². The van der Waals surface area contributed by atoms with E-state index >= 15 is 0 Å². The molecule has 0 saturated carbocycles. The van der Waals surface area contributed by atoms with Gasteiger partial charge >= 0.3 is 5.97 Å². The fraction of sp³-hybridized carbons (Fsp3) is 0.375. The van der Waals surface area contributed by atoms with Crippen molar-refractivity contribution in [1.82, 2.24) is 4.90 Å². The van der Waals surface area contributed by atoms with E-state index < -0.39 is 5.97 Å². The molecule has 0 aromatic rings. The van der Waals surface area contributed by atoms with E-state index in [9.17, 15) is 14.4 Å². The fourth-order valence-electron chi connectivity index (χ4n) is 0.622. The quantitative estimate of drug-likeness (QED) is 0.470. The Morgan fingerprint density at radius 2 is 2.08 bits per heavy atom. The molecule has 0 bridgehead atoms. The van der Waals surface area contributed by atoms with Crippen molar-refractivity contribution in [2.24, 2.45) is 0 Å². The third kappa shape index (κ3) is 5.60. The summed E-state index contributed by atoms with van der Waals surface area (Å²) in [5.74, 6) is -1.34. The highest BCUT2D eigenvalue weighted by atomic mass is 16.4. The van der Waals surface area contributed by atoms with Gasteiger partial charge in [-0.1, -0.05) is 0 Å². The molecule has 1 N–H and O–H groups in total. The van der Waals surface area contributed by atoms with E-state index in [2.05, 4.69) is 0 Å². The number of carboxylic acids is 1. The number of hydrogen-bond donors (Lipinski definition) is 1. The minimum absolute atomic E-state index is 0.100. The van der Waals surface area contributed by atoms with Crippen molar-refractivity contribution in [1.29, 1.82) is 0 Å². The van der Waals surface area contributed by atoms with Crippen LogP contribution in [0.2, 0.25) is 0 Å². The lowest BCUT2D eigenvalue weighted by Crippen LogP contribution is -2.27. The first kappa shape index (κ1) is 11.4. The second-order valence-electron chi connectivity index (χ2n) is 2.40. The summed E-state index contributed by atoms with van der Waals surface area (Å²) in [6.45, 7) is 0.136. The lowest BCUT2D eigenvalue weighted by molar-refractivity contribution is -0.137. The Hall–Kier alpha value is -1.65. The first-order chi connectivity index (χ1) is 6.07. The standard InChI is InChI=1S/C8H11NO4/c1-9(5-4-8(12)13)7(11)3-2-6-10/h2-3,6H,4-5H2,1H3,(H,12,13)/b3-2-. The molecule has 0 aliphatic heterocycles. The van der Waals surface area contributed by atoms with E-state index in [0.29, 0.717) is 6.29 Å². The van der Waals surface area contributed by atoms with Crippen molar-refractivity contribution >= 4 is 18.2 Å². The van der Waals surface area contributed by atoms with E-state index in [-0.39, 0.29) is 18.9 Å². The molecule has 0 aliphatic carbocycles. The topological polar surface area (TPSA) is 74.7 Å². The SMILES string of the molecule is CN(CCC(=O)O)C(=O)/C=C\C=O. The van der Waals surface area contributed by atoms with Crippen molar-refractivity contribution in [2.45, 2.75) is 6.42 Å². The zero-order valence-corrected chi connectivity index (χ0v) is 7.27. The molecular weight excluding hydrogens is 174 g/mol. The molecule has 0 atom stereocenters. The van der Waals surface area contributed by atoms with Crippen LogP contribution in [0.5, 0.6) is 0 Å². The Kier molecular flexibility index (Phi) is 5.18. The molecule has 0 radical (unpaired) electrons. The Bertz CT molecular complexity index is 234. The number of aldehydes is 1. The zero-order chi connectivity index (χ0) is 10.3. The third-order valence-corrected chi connectivity index (χ3v) is 1.35. The Balaban J connectivity index is 3.89. The number of likely N-dealkylation sites (N-methyl/N-ethyl adjacent to an activating group) is 1. The van der Waals surface area contributed by atoms with Crippen LogP contribution in [0.1, 0.15) is 6.42 Å². The maximum absolute atomic E-state index is 11.0. The molecule has 0 spiro atoms. The summed E-state index contributed by atoms with van der Waals surface area (Å²) in [7, 11) is 1.47. The van der Waals surface area contributed by atoms with Gasteiger partial charge in [0.1, 0.15) is 6.29 Å². The molecule has 0 fully saturated rings. The minimum atomic E-state index is -0.959. The minimum Gasteiger partial charge on any atom is -0.481 e. The molecule has 0 aromatic heterocycles. The molecule has 0 heterocycles. The van der Waals surface area contributed by atoms with Gasteiger partial charge in [-0.15, -0.1) is 0 Å². The lowest BCUT2D eigenvalue weighted by atomic mass is 10.4. The number of amides is 1. The van der Waals surface area contributed by atoms with Gasteiger partial charge in [-0.25, -0.2) is 0 Å². The van der Waals surface area contributed by atoms with E-state index in [4.69, 9.17) is 5.11 Å². The molecule has 0 aliphatic rings. The van der Waals surface area contributed by atoms with E-state index in [1.54, 1.807) is 0 Å². The van der Waals surface area contributed by atoms with Gasteiger partial charge in [0.2, 0.25) is 5.91 Å². The normalized spacial score (nSPS) is 9.92. The molecule has 1 amide bonds. The summed E-state index contributed by atoms with van der Waals surface area (Å²) in [6.07, 6.45) is 2.55. The highest BCUT2D eigenvalue weighted by molar-refractivity contribution is 5.90. The molecular formula is C8H11NO4. The highest BCUT2D eigenvalue weighted by Crippen LogP contribution is 1.90. The first-order valence-electron chi connectivity index (χ1n) is 3.66. The van der Waals surface area contributed by atoms with Crippen LogP contribution < -0.4 is 0 Å². The smallest absolute Gasteiger partial charge is 0.305 e. The van der Waals surface area contributed by atoms with E-state index in [1.165, 1.54) is 11.9 Å². The highest BCUT2D eigenvalue weighted by Gasteiger charge is 2.06. The number of nitrogens with zero attached hydrogens (tertiary/aromatic N) is 1. The molecule has 13 heavy (non-hydrogen) atoms. The lowest BCUT2D eigenvalue weighted by Gasteiger charge is -2.12. The summed E-state index contributed by atoms with van der Waals surface area (Å²) in [5, 5.41) is 8.31. The molecule has 5 heteroatoms. The molecule has 5 nitrogen and oxygen atoms in total. The monoisotopic (exact) mass is 185 g/mol. The molecule has 0 rings (SSSR count). The van der Waals surface area contributed by atoms with Crippen LogP contribution in [0.15, 0.2) is 12.2 Å². The van der Waals surface area contributed by atoms with Crippen molar-refractivity contribution in [2.75, 3.05) is 13.6 Å². The van der Waals surface area contributed by atoms with E-state index in [1.807, 2.05) is 0 Å². The number of carbonyl (C=O) groups is 3. The van der Waals surface area contributed by atoms with Crippen molar-refractivity contribution in [3.63, 3.8) is 0 Å². The zero-order valence-electron chi connectivity index (χ0n) is 7.27. The number of allylic oxidation sites excluding steroid dienone is 1. The third-order valence-electron chi connectivity index (χ3n) is 1.35. The summed E-state index contributed by atoms with van der Waals surface area (Å²) in [5.41, 5.74) is 0. The van der Waals surface area contributed by atoms with Crippen LogP contribution in [-0.2, 0) is 14.4 Å². The van der Waals surface area contributed by atoms with Crippen LogP contribution in [-0.4, -0.2) is 41.8 Å². The van der Waals surface area contributed by atoms with Crippen molar-refractivity contribution in [3.8, 4) is 0 Å². The summed E-state index contributed by atoms with van der Waals surface area (Å²) >= 11 is 0. The fourth-order valence-corrected chi connectivity index (χ4v) is 0.622. The number of carboxylic acid groups (broad SMARTS) is 1. The van der Waals surface area contributed by atoms with Gasteiger partial charge in [0, 0.05) is 19.7 Å². The van der Waals surface area contributed by atoms with Gasteiger partial charge in [0.25, 0.3) is 0 Å². The predicted molar refractivity (Wildman–Crippen MR) is 45.1 cm³/mol. The maximum Gasteiger partial charge on any atom is 0.305 e. The average Bonchev–Trinajstić information content (AvgIpc) is 2.10. The molecule has 72 valence electrons. The Morgan fingerprint density at radius 1 is 1.46 bits per heavy atom. The van der Waals surface area contributed by atoms with Crippen LogP contribution >= 0.6 is 0 Å². The second-order valence-corrected chi connectivity index (χ2v) is 2.40. The van der Waals surface area contributed by atoms with Gasteiger partial charge in [-0.3, -0.25) is 14.4 Å². The molecule has 0 unspecified atom stereocenters. The molecule has 0 saturated heterocycles. The van der Waals surface area contributed by atoms with E-state index in [0.717, 1.165) is 12.2 Å². The first-order valence-corrected chi connectivity index (χ1v) is 3.66. The Morgan fingerprint density at radius 3 is 2.54 bits per heavy atom. The van der Waals surface area contributed by atoms with Crippen molar-refractivity contribution < 1.29 is 19.5 Å². The number of carbonyl (C=O) groups excluding carboxylic acids is 2. The maximum atomic E-state index is 11.0. The summed E-state index contributed by atoms with van der Waals surface area (Å²) in [6, 6.07) is 0. The van der Waals surface area contributed by atoms with Gasteiger partial charge in [-0.05, 0) is 6.08 Å². The average molecular weight is 185 g/mol. The van der Waals surface area contributed by atoms with Crippen LogP contribution in [0.25, 0.3) is 0 Å². The van der Waals surface area contributed by atoms with Gasteiger partial charge in [-0.2, -0.15) is 0 Å². The Labute approximate surface area is 75.6 Å². The second kappa shape index (κ2) is 5.93. The van der Waals surface area contributed by atoms with Gasteiger partial charge < -0.3 is 10.0 Å². The summed E-state index contributed by atoms with van der Waals surface area (Å²) < 4.78 is 0. The number of rotatable bonds is 5. The van der Waals surface area contributed by atoms with Crippen LogP contribution in [0.4, 0.5) is 0 Å². The van der Waals surface area contributed by atoms with Crippen LogP contribution in [0.3, 0.4) is 0 Å². The van der Waals surface area contributed by atoms with Crippen molar-refractivity contribution in [3.05, 3.63) is 12.2 Å². The van der Waals surface area contributed by atoms with Gasteiger partial charge in [0.15, 0.2) is 0 Å². The number of aliphatic carboxylic acids is 1. The van der Waals surface area contributed by atoms with Crippen LogP contribution in [0, 0.1) is 0 Å². The largest absolute Gasteiger partial charge is 0.481 e. The predicted octanol–water partition coefficient (Wildman–Crippen LogP) is -0.325. The number of hydrogen-bond acceptors (Lipinski definition) is 3.